The van der Waals surface area contributed by atoms with Crippen LogP contribution in [-0.4, -0.2) is 23.1 Å². The summed E-state index contributed by atoms with van der Waals surface area (Å²) in [5, 5.41) is 18.1. The molecule has 2 aromatic rings. The van der Waals surface area contributed by atoms with Crippen molar-refractivity contribution in [3.63, 3.8) is 0 Å². The Hall–Kier alpha value is -2.11. The number of aryl methyl sites for hydroxylation is 1. The molecule has 0 aliphatic rings. The molecule has 0 atom stereocenters. The number of carbonyl (C=O) groups excluding carboxylic acids is 1. The molecule has 0 amide bonds. The highest BCUT2D eigenvalue weighted by Crippen LogP contribution is 2.08. The largest absolute Gasteiger partial charge is 0.488 e. The zero-order valence-electron chi connectivity index (χ0n) is 13.0. The van der Waals surface area contributed by atoms with Gasteiger partial charge in [-0.05, 0) is 35.9 Å². The molecule has 23 heavy (non-hydrogen) atoms. The van der Waals surface area contributed by atoms with Crippen LogP contribution in [0.5, 0.6) is 0 Å². The molecule has 0 saturated carbocycles. The lowest BCUT2D eigenvalue weighted by Crippen LogP contribution is -2.29. The number of hydrogen-bond donors (Lipinski definition) is 2. The van der Waals surface area contributed by atoms with Crippen molar-refractivity contribution in [1.29, 1.82) is 0 Å². The number of esters is 1. The van der Waals surface area contributed by atoms with Crippen LogP contribution in [0.2, 0.25) is 0 Å². The third-order valence-electron chi connectivity index (χ3n) is 3.62. The summed E-state index contributed by atoms with van der Waals surface area (Å²) in [6.45, 7) is 0.324. The van der Waals surface area contributed by atoms with Gasteiger partial charge in [0.15, 0.2) is 0 Å². The van der Waals surface area contributed by atoms with E-state index in [1.165, 1.54) is 0 Å². The Morgan fingerprint density at radius 1 is 0.913 bits per heavy atom. The fourth-order valence-electron chi connectivity index (χ4n) is 2.27. The van der Waals surface area contributed by atoms with Gasteiger partial charge in [0.2, 0.25) is 0 Å². The Morgan fingerprint density at radius 2 is 1.61 bits per heavy atom. The van der Waals surface area contributed by atoms with Gasteiger partial charge in [0.05, 0.1) is 0 Å². The summed E-state index contributed by atoms with van der Waals surface area (Å²) in [4.78, 5) is 11.7. The number of ether oxygens (including phenoxy) is 1. The smallest absolute Gasteiger partial charge is 0.461 e. The molecule has 0 spiro atoms. The van der Waals surface area contributed by atoms with E-state index in [0.29, 0.717) is 18.5 Å². The van der Waals surface area contributed by atoms with Gasteiger partial charge >= 0.3 is 13.1 Å². The van der Waals surface area contributed by atoms with Crippen molar-refractivity contribution in [2.24, 2.45) is 0 Å². The van der Waals surface area contributed by atoms with Gasteiger partial charge in [-0.15, -0.1) is 0 Å². The standard InChI is InChI=1S/C18H21BO4/c20-18(23-14-16-7-2-1-3-8-16)9-5-4-6-15-10-12-17(13-11-15)19(21)22/h1-3,7-8,10-13,21-22H,4-6,9,14H2. The Kier molecular flexibility index (Phi) is 6.85. The molecule has 0 radical (unpaired) electrons. The summed E-state index contributed by atoms with van der Waals surface area (Å²) in [7, 11) is -1.43. The molecule has 2 aromatic carbocycles. The van der Waals surface area contributed by atoms with Gasteiger partial charge in [-0.1, -0.05) is 54.6 Å². The van der Waals surface area contributed by atoms with Crippen LogP contribution in [0.1, 0.15) is 30.4 Å². The topological polar surface area (TPSA) is 66.8 Å². The predicted octanol–water partition coefficient (Wildman–Crippen LogP) is 1.82. The minimum atomic E-state index is -1.43. The first-order chi connectivity index (χ1) is 11.1. The molecule has 2 rings (SSSR count). The summed E-state index contributed by atoms with van der Waals surface area (Å²) in [5.74, 6) is -0.174. The number of hydrogen-bond acceptors (Lipinski definition) is 4. The molecular formula is C18H21BO4. The van der Waals surface area contributed by atoms with E-state index in [4.69, 9.17) is 14.8 Å². The number of unbranched alkanes of at least 4 members (excludes halogenated alkanes) is 1. The Morgan fingerprint density at radius 3 is 2.26 bits per heavy atom. The summed E-state index contributed by atoms with van der Waals surface area (Å²) in [6.07, 6.45) is 2.94. The van der Waals surface area contributed by atoms with Crippen LogP contribution in [-0.2, 0) is 22.6 Å². The maximum Gasteiger partial charge on any atom is 0.488 e. The zero-order chi connectivity index (χ0) is 16.5. The lowest BCUT2D eigenvalue weighted by Gasteiger charge is -2.06. The third kappa shape index (κ3) is 6.26. The van der Waals surface area contributed by atoms with Crippen molar-refractivity contribution in [3.05, 3.63) is 65.7 Å². The molecule has 0 aliphatic carbocycles. The maximum atomic E-state index is 11.7. The van der Waals surface area contributed by atoms with E-state index in [0.717, 1.165) is 30.4 Å². The van der Waals surface area contributed by atoms with Crippen molar-refractivity contribution < 1.29 is 19.6 Å². The lowest BCUT2D eigenvalue weighted by atomic mass is 9.80. The van der Waals surface area contributed by atoms with E-state index >= 15 is 0 Å². The van der Waals surface area contributed by atoms with Crippen LogP contribution in [0, 0.1) is 0 Å². The van der Waals surface area contributed by atoms with E-state index in [2.05, 4.69) is 0 Å². The van der Waals surface area contributed by atoms with Crippen LogP contribution in [0.3, 0.4) is 0 Å². The van der Waals surface area contributed by atoms with E-state index in [1.54, 1.807) is 12.1 Å². The zero-order valence-corrected chi connectivity index (χ0v) is 13.0. The Balaban J connectivity index is 1.62. The molecule has 0 aromatic heterocycles. The minimum absolute atomic E-state index is 0.174. The normalized spacial score (nSPS) is 10.3. The average Bonchev–Trinajstić information content (AvgIpc) is 2.58. The fourth-order valence-corrected chi connectivity index (χ4v) is 2.27. The van der Waals surface area contributed by atoms with Crippen LogP contribution < -0.4 is 5.46 Å². The Labute approximate surface area is 136 Å². The molecule has 5 heteroatoms. The van der Waals surface area contributed by atoms with Crippen molar-refractivity contribution in [3.8, 4) is 0 Å². The quantitative estimate of drug-likeness (QED) is 0.443. The molecule has 0 unspecified atom stereocenters. The highest BCUT2D eigenvalue weighted by atomic mass is 16.5. The minimum Gasteiger partial charge on any atom is -0.461 e. The fraction of sp³-hybridized carbons (Fsp3) is 0.278. The van der Waals surface area contributed by atoms with E-state index < -0.39 is 7.12 Å². The molecule has 4 nitrogen and oxygen atoms in total. The summed E-state index contributed by atoms with van der Waals surface area (Å²) in [6, 6.07) is 16.8. The first-order valence-corrected chi connectivity index (χ1v) is 7.79. The number of benzene rings is 2. The van der Waals surface area contributed by atoms with Crippen LogP contribution in [0.25, 0.3) is 0 Å². The third-order valence-corrected chi connectivity index (χ3v) is 3.62. The molecule has 0 aliphatic heterocycles. The molecule has 120 valence electrons. The van der Waals surface area contributed by atoms with Crippen molar-refractivity contribution in [1.82, 2.24) is 0 Å². The van der Waals surface area contributed by atoms with E-state index in [-0.39, 0.29) is 5.97 Å². The monoisotopic (exact) mass is 312 g/mol. The Bertz CT molecular complexity index is 596. The van der Waals surface area contributed by atoms with Gasteiger partial charge in [0.1, 0.15) is 6.61 Å². The van der Waals surface area contributed by atoms with Gasteiger partial charge in [-0.3, -0.25) is 4.79 Å². The van der Waals surface area contributed by atoms with Gasteiger partial charge in [0, 0.05) is 6.42 Å². The van der Waals surface area contributed by atoms with E-state index in [9.17, 15) is 4.79 Å². The van der Waals surface area contributed by atoms with Gasteiger partial charge < -0.3 is 14.8 Å². The van der Waals surface area contributed by atoms with Crippen LogP contribution in [0.15, 0.2) is 54.6 Å². The molecule has 0 saturated heterocycles. The molecule has 0 bridgehead atoms. The van der Waals surface area contributed by atoms with Crippen molar-refractivity contribution in [2.75, 3.05) is 0 Å². The molecular weight excluding hydrogens is 291 g/mol. The summed E-state index contributed by atoms with van der Waals surface area (Å²) in [5.41, 5.74) is 2.59. The second-order valence-corrected chi connectivity index (χ2v) is 5.47. The second kappa shape index (κ2) is 9.13. The van der Waals surface area contributed by atoms with Crippen LogP contribution in [0.4, 0.5) is 0 Å². The van der Waals surface area contributed by atoms with Crippen LogP contribution >= 0.6 is 0 Å². The SMILES string of the molecule is O=C(CCCCc1ccc(B(O)O)cc1)OCc1ccccc1. The molecule has 0 fully saturated rings. The maximum absolute atomic E-state index is 11.7. The summed E-state index contributed by atoms with van der Waals surface area (Å²) < 4.78 is 5.23. The second-order valence-electron chi connectivity index (χ2n) is 5.47. The number of rotatable bonds is 8. The molecule has 2 N–H and O–H groups in total. The van der Waals surface area contributed by atoms with Crippen molar-refractivity contribution in [2.45, 2.75) is 32.3 Å². The first kappa shape index (κ1) is 17.3. The summed E-state index contributed by atoms with van der Waals surface area (Å²) >= 11 is 0. The number of carbonyl (C=O) groups is 1. The van der Waals surface area contributed by atoms with Gasteiger partial charge in [-0.2, -0.15) is 0 Å². The first-order valence-electron chi connectivity index (χ1n) is 7.79. The highest BCUT2D eigenvalue weighted by Gasteiger charge is 2.09. The lowest BCUT2D eigenvalue weighted by molar-refractivity contribution is -0.145. The molecule has 0 heterocycles. The van der Waals surface area contributed by atoms with Gasteiger partial charge in [-0.25, -0.2) is 0 Å². The average molecular weight is 312 g/mol. The van der Waals surface area contributed by atoms with E-state index in [1.807, 2.05) is 42.5 Å². The van der Waals surface area contributed by atoms with Gasteiger partial charge in [0.25, 0.3) is 0 Å². The highest BCUT2D eigenvalue weighted by molar-refractivity contribution is 6.58. The predicted molar refractivity (Wildman–Crippen MR) is 90.1 cm³/mol. The van der Waals surface area contributed by atoms with Crippen molar-refractivity contribution >= 4 is 18.6 Å².